The number of Topliss-reactive ketones (excluding diaryl/α,β-unsaturated/α-hetero) is 3. The summed E-state index contributed by atoms with van der Waals surface area (Å²) in [5.41, 5.74) is 4.46. The molecule has 3 aromatic carbocycles. The van der Waals surface area contributed by atoms with Gasteiger partial charge in [0.15, 0.2) is 28.7 Å². The average Bonchev–Trinajstić information content (AvgIpc) is 1.72. The van der Waals surface area contributed by atoms with Gasteiger partial charge in [0.1, 0.15) is 29.3 Å². The molecule has 3 atom stereocenters. The maximum atomic E-state index is 13.2. The minimum Gasteiger partial charge on any atom is -0.324 e. The number of alkyl halides is 9. The smallest absolute Gasteiger partial charge is 0.324 e. The molecule has 0 aliphatic carbocycles. The molecule has 0 aliphatic rings. The third kappa shape index (κ3) is 16.2. The molecular weight excluding hydrogens is 1240 g/mol. The normalized spacial score (nSPS) is 13.1. The van der Waals surface area contributed by atoms with Gasteiger partial charge in [-0.25, -0.2) is 38.1 Å². The highest BCUT2D eigenvalue weighted by Crippen LogP contribution is 2.34. The highest BCUT2D eigenvalue weighted by atomic mass is 35.5. The standard InChI is InChI=1S/C21H22F4N4O.2C20H21ClF3N5O/c1-12(2)20-15(10-26-29(20)17-7-5-16(22)6-8-17)9-18(30)13(3)28-11-19(21(23,24)25)27-14(28)4;1-11(2)18-14(10-25-29(18)16-7-5-15(21)6-8-16)9-17(30)12(3)28-13(4)26-19(27-28)20(22,23)24;1-11(2)19-16(26-27-29(19)15-7-5-14(21)6-8-15)9-17(30)12(3)28-10-18(20(22,23)24)25-13(28)4/h5-8,10-13H,9H2,1-4H3;2*5-8,10-12H,9H2,1-4H3/t13-;;/m0../s1. The highest BCUT2D eigenvalue weighted by Gasteiger charge is 2.39. The minimum atomic E-state index is -4.66. The summed E-state index contributed by atoms with van der Waals surface area (Å²) in [5, 5.41) is 21.8. The van der Waals surface area contributed by atoms with Crippen molar-refractivity contribution in [2.45, 2.75) is 157 Å². The monoisotopic (exact) mass is 1300 g/mol. The van der Waals surface area contributed by atoms with E-state index in [1.54, 1.807) is 88.8 Å². The summed E-state index contributed by atoms with van der Waals surface area (Å²) in [5.74, 6) is -2.08. The van der Waals surface area contributed by atoms with Crippen molar-refractivity contribution in [2.75, 3.05) is 0 Å². The van der Waals surface area contributed by atoms with Crippen molar-refractivity contribution in [3.05, 3.63) is 182 Å². The Morgan fingerprint density at radius 1 is 0.478 bits per heavy atom. The van der Waals surface area contributed by atoms with Crippen LogP contribution in [0.15, 0.2) is 97.6 Å². The number of aryl methyl sites for hydroxylation is 3. The molecule has 0 aliphatic heterocycles. The summed E-state index contributed by atoms with van der Waals surface area (Å²) in [6.45, 7) is 20.7. The van der Waals surface area contributed by atoms with Gasteiger partial charge in [-0.2, -0.15) is 49.7 Å². The van der Waals surface area contributed by atoms with E-state index in [9.17, 15) is 58.3 Å². The van der Waals surface area contributed by atoms with Crippen molar-refractivity contribution in [3.8, 4) is 17.1 Å². The van der Waals surface area contributed by atoms with Gasteiger partial charge in [0, 0.05) is 46.4 Å². The van der Waals surface area contributed by atoms with E-state index in [1.807, 2.05) is 53.7 Å². The number of halogens is 12. The molecule has 2 unspecified atom stereocenters. The summed E-state index contributed by atoms with van der Waals surface area (Å²) < 4.78 is 138. The minimum absolute atomic E-state index is 0.00878. The zero-order valence-electron chi connectivity index (χ0n) is 50.8. The number of carbonyl (C=O) groups excluding carboxylic acids is 3. The molecule has 0 saturated heterocycles. The summed E-state index contributed by atoms with van der Waals surface area (Å²) >= 11 is 11.9. The number of imidazole rings is 2. The van der Waals surface area contributed by atoms with Gasteiger partial charge < -0.3 is 9.13 Å². The van der Waals surface area contributed by atoms with Crippen LogP contribution in [0.4, 0.5) is 43.9 Å². The van der Waals surface area contributed by atoms with Crippen LogP contribution in [-0.2, 0) is 52.2 Å². The topological polar surface area (TPSA) is 184 Å². The number of ketones is 3. The van der Waals surface area contributed by atoms with Crippen molar-refractivity contribution in [3.63, 3.8) is 0 Å². The van der Waals surface area contributed by atoms with Crippen LogP contribution < -0.4 is 0 Å². The first-order chi connectivity index (χ1) is 42.0. The molecule has 9 aromatic rings. The van der Waals surface area contributed by atoms with Crippen LogP contribution in [0.1, 0.15) is 167 Å². The molecule has 6 heterocycles. The molecule has 0 fully saturated rings. The molecule has 6 aromatic heterocycles. The number of carbonyl (C=O) groups is 3. The van der Waals surface area contributed by atoms with Gasteiger partial charge in [-0.1, -0.05) is 70.0 Å². The first-order valence-corrected chi connectivity index (χ1v) is 28.9. The number of aromatic nitrogens is 14. The summed E-state index contributed by atoms with van der Waals surface area (Å²) in [6, 6.07) is 17.5. The van der Waals surface area contributed by atoms with Crippen LogP contribution >= 0.6 is 23.2 Å². The number of hydrogen-bond donors (Lipinski definition) is 0. The third-order valence-corrected chi connectivity index (χ3v) is 15.1. The quantitative estimate of drug-likeness (QED) is 0.0745. The number of hydrogen-bond acceptors (Lipinski definition) is 11. The predicted molar refractivity (Wildman–Crippen MR) is 315 cm³/mol. The van der Waals surface area contributed by atoms with E-state index in [0.717, 1.165) is 45.5 Å². The molecular formula is C61H64Cl2F10N14O3. The van der Waals surface area contributed by atoms with Gasteiger partial charge in [0.25, 0.3) is 5.82 Å². The fourth-order valence-corrected chi connectivity index (χ4v) is 10.3. The number of rotatable bonds is 18. The van der Waals surface area contributed by atoms with E-state index in [2.05, 4.69) is 40.6 Å². The van der Waals surface area contributed by atoms with Gasteiger partial charge in [0.05, 0.1) is 70.7 Å². The van der Waals surface area contributed by atoms with E-state index in [1.165, 1.54) is 49.0 Å². The average molecular weight is 1300 g/mol. The van der Waals surface area contributed by atoms with Crippen LogP contribution in [0.25, 0.3) is 17.1 Å². The predicted octanol–water partition coefficient (Wildman–Crippen LogP) is 14.9. The molecule has 90 heavy (non-hydrogen) atoms. The van der Waals surface area contributed by atoms with Gasteiger partial charge in [0.2, 0.25) is 0 Å². The first kappa shape index (κ1) is 69.1. The Morgan fingerprint density at radius 3 is 1.22 bits per heavy atom. The Morgan fingerprint density at radius 2 is 0.856 bits per heavy atom. The fourth-order valence-electron chi connectivity index (χ4n) is 10.0. The van der Waals surface area contributed by atoms with Gasteiger partial charge >= 0.3 is 18.5 Å². The van der Waals surface area contributed by atoms with E-state index >= 15 is 0 Å². The SMILES string of the molecule is Cc1nc(C(F)(F)F)cn1C(C)C(=O)Cc1nnn(-c2ccc(Cl)cc2)c1C(C)C.Cc1nc(C(F)(F)F)cn1[C@@H](C)C(=O)Cc1cnn(-c2ccc(F)cc2)c1C(C)C.Cc1nc(C(F)(F)F)nn1C(C)C(=O)Cc1cnn(-c2ccc(Cl)cc2)c1C(C)C. The van der Waals surface area contributed by atoms with E-state index < -0.39 is 53.9 Å². The molecule has 480 valence electrons. The third-order valence-electron chi connectivity index (χ3n) is 14.5. The summed E-state index contributed by atoms with van der Waals surface area (Å²) in [4.78, 5) is 49.1. The Labute approximate surface area is 521 Å². The molecule has 0 N–H and O–H groups in total. The zero-order valence-corrected chi connectivity index (χ0v) is 52.4. The van der Waals surface area contributed by atoms with Crippen LogP contribution in [0.2, 0.25) is 10.0 Å². The van der Waals surface area contributed by atoms with Crippen LogP contribution in [0, 0.1) is 26.6 Å². The van der Waals surface area contributed by atoms with Crippen LogP contribution in [-0.4, -0.2) is 85.8 Å². The lowest BCUT2D eigenvalue weighted by Gasteiger charge is -2.16. The van der Waals surface area contributed by atoms with Crippen molar-refractivity contribution in [1.82, 2.24) is 68.4 Å². The Balaban J connectivity index is 0.000000192. The van der Waals surface area contributed by atoms with Crippen LogP contribution in [0.3, 0.4) is 0 Å². The van der Waals surface area contributed by atoms with Crippen molar-refractivity contribution in [2.24, 2.45) is 0 Å². The maximum Gasteiger partial charge on any atom is 0.453 e. The second-order valence-electron chi connectivity index (χ2n) is 22.2. The number of benzene rings is 3. The summed E-state index contributed by atoms with van der Waals surface area (Å²) in [6.07, 6.45) is -8.91. The first-order valence-electron chi connectivity index (χ1n) is 28.2. The molecule has 0 bridgehead atoms. The fraction of sp³-hybridized carbons (Fsp3) is 0.393. The van der Waals surface area contributed by atoms with E-state index in [-0.39, 0.29) is 77.7 Å². The maximum absolute atomic E-state index is 13.2. The van der Waals surface area contributed by atoms with Crippen LogP contribution in [0.5, 0.6) is 0 Å². The van der Waals surface area contributed by atoms with E-state index in [4.69, 9.17) is 23.2 Å². The molecule has 0 spiro atoms. The second kappa shape index (κ2) is 27.8. The Bertz CT molecular complexity index is 3560. The lowest BCUT2D eigenvalue weighted by molar-refractivity contribution is -0.145. The molecule has 9 rings (SSSR count). The lowest BCUT2D eigenvalue weighted by Crippen LogP contribution is -2.22. The highest BCUT2D eigenvalue weighted by molar-refractivity contribution is 6.30. The van der Waals surface area contributed by atoms with Crippen molar-refractivity contribution >= 4 is 40.6 Å². The van der Waals surface area contributed by atoms with Gasteiger partial charge in [-0.05, 0) is 132 Å². The van der Waals surface area contributed by atoms with Gasteiger partial charge in [-0.15, -0.1) is 10.2 Å². The Kier molecular flexibility index (Phi) is 21.4. The summed E-state index contributed by atoms with van der Waals surface area (Å²) in [7, 11) is 0. The van der Waals surface area contributed by atoms with Crippen molar-refractivity contribution in [1.29, 1.82) is 0 Å². The lowest BCUT2D eigenvalue weighted by atomic mass is 9.99. The molecule has 0 saturated carbocycles. The zero-order chi connectivity index (χ0) is 66.6. The van der Waals surface area contributed by atoms with E-state index in [0.29, 0.717) is 32.6 Å². The molecule has 0 amide bonds. The van der Waals surface area contributed by atoms with Crippen molar-refractivity contribution < 1.29 is 58.3 Å². The Hall–Kier alpha value is -8.33. The molecule has 17 nitrogen and oxygen atoms in total. The van der Waals surface area contributed by atoms with Gasteiger partial charge in [-0.3, -0.25) is 14.4 Å². The second-order valence-corrected chi connectivity index (χ2v) is 23.1. The molecule has 0 radical (unpaired) electrons. The largest absolute Gasteiger partial charge is 0.453 e. The number of nitrogens with zero attached hydrogens (tertiary/aromatic N) is 14. The molecule has 29 heteroatoms.